The molecule has 0 aliphatic rings. The number of benzene rings is 11. The summed E-state index contributed by atoms with van der Waals surface area (Å²) in [5.41, 5.74) is 17.1. The molecule has 0 amide bonds. The van der Waals surface area contributed by atoms with E-state index in [4.69, 9.17) is 16.8 Å². The molecule has 0 saturated carbocycles. The molecule has 0 N–H and O–H groups in total. The van der Waals surface area contributed by atoms with Crippen molar-refractivity contribution in [2.24, 2.45) is 0 Å². The van der Waals surface area contributed by atoms with Crippen molar-refractivity contribution in [1.29, 1.82) is 0 Å². The van der Waals surface area contributed by atoms with E-state index in [0.29, 0.717) is 17.4 Å². The molecule has 0 atom stereocenters. The maximum Gasteiger partial charge on any atom is 0.0774 e. The first kappa shape index (κ1) is 48.5. The van der Waals surface area contributed by atoms with Gasteiger partial charge in [0.15, 0.2) is 0 Å². The van der Waals surface area contributed by atoms with Gasteiger partial charge >= 0.3 is 0 Å². The summed E-state index contributed by atoms with van der Waals surface area (Å²) >= 11 is 1.76. The summed E-state index contributed by atoms with van der Waals surface area (Å²) in [6.07, 6.45) is 0. The molecule has 82 heavy (non-hydrogen) atoms. The molecule has 1 radical (unpaired) electrons. The molecule has 0 saturated heterocycles. The van der Waals surface area contributed by atoms with E-state index in [1.54, 1.807) is 11.3 Å². The molecule has 0 bridgehead atoms. The van der Waals surface area contributed by atoms with Gasteiger partial charge in [0.05, 0.1) is 40.6 Å². The molecular weight excluding hydrogens is 1190 g/mol. The summed E-state index contributed by atoms with van der Waals surface area (Å²) in [6, 6.07) is 71.3. The standard InChI is InChI=1S/C51H39N2S.C25H25N2.Ir/c1-31(2)42-28-38(34-16-9-6-10-17-34)29-43(32(3)4)49(42)53-47-21-12-11-20-46(47)52-51(53)41-19-13-18-40-45-27-37-23-22-36-26-35(33-14-7-5-8-15-33)24-25-39(36)44(37)30-48(45)54-50(40)41;1-17(2)20-13-10-14-21(18(3)4)24(20)27-23-16-9-8-15-22(23)26-25(27)19-11-6-5-7-12-19;/h5-18,20-32H,1-4H3;5-11,13-18H,1-4H3;/q2*-1;/i5D,7D,8D,14D,15D;;. The molecule has 14 aromatic rings. The topological polar surface area (TPSA) is 35.6 Å². The molecule has 4 nitrogen and oxygen atoms in total. The van der Waals surface area contributed by atoms with Crippen LogP contribution in [0.2, 0.25) is 0 Å². The maximum absolute atomic E-state index is 8.55. The minimum absolute atomic E-state index is 0. The number of imidazole rings is 2. The molecule has 3 heterocycles. The third-order valence-corrected chi connectivity index (χ3v) is 17.0. The van der Waals surface area contributed by atoms with Crippen LogP contribution in [0.25, 0.3) is 120 Å². The SMILES string of the molecule is CC(C)c1cccc(C(C)C)c1-n1c(-c2[c-]cccc2)nc2ccccc21.[2H]c1c([2H])c([2H])c(-c2ccc3c(ccc4cc5c(cc43)sc3c(-c4nc6ccccc6n4-c4c(C(C)C)cc(-c6ccccc6)cc4C(C)C)[c-]ccc35)c2)c([2H])c1[2H].[Ir]. The molecule has 6 heteroatoms. The molecule has 405 valence electrons. The van der Waals surface area contributed by atoms with Crippen LogP contribution in [0.4, 0.5) is 0 Å². The summed E-state index contributed by atoms with van der Waals surface area (Å²) in [4.78, 5) is 10.4. The van der Waals surface area contributed by atoms with E-state index >= 15 is 0 Å². The van der Waals surface area contributed by atoms with Gasteiger partial charge in [-0.3, -0.25) is 9.97 Å². The fourth-order valence-electron chi connectivity index (χ4n) is 11.8. The Morgan fingerprint density at radius 2 is 1.01 bits per heavy atom. The van der Waals surface area contributed by atoms with Crippen molar-refractivity contribution < 1.29 is 27.0 Å². The number of nitrogens with zero attached hydrogens (tertiary/aromatic N) is 4. The largest absolute Gasteiger partial charge is 0.333 e. The van der Waals surface area contributed by atoms with E-state index in [9.17, 15) is 0 Å². The Labute approximate surface area is 506 Å². The Morgan fingerprint density at radius 3 is 1.65 bits per heavy atom. The van der Waals surface area contributed by atoms with Crippen molar-refractivity contribution in [3.63, 3.8) is 0 Å². The van der Waals surface area contributed by atoms with Gasteiger partial charge in [0.2, 0.25) is 0 Å². The first-order chi connectivity index (χ1) is 41.6. The van der Waals surface area contributed by atoms with Crippen LogP contribution in [-0.4, -0.2) is 19.1 Å². The maximum atomic E-state index is 8.55. The van der Waals surface area contributed by atoms with E-state index < -0.39 is 0 Å². The summed E-state index contributed by atoms with van der Waals surface area (Å²) in [6.45, 7) is 18.2. The van der Waals surface area contributed by atoms with Crippen molar-refractivity contribution in [2.45, 2.75) is 79.1 Å². The molecule has 14 rings (SSSR count). The molecule has 11 aromatic carbocycles. The summed E-state index contributed by atoms with van der Waals surface area (Å²) in [5, 5.41) is 6.49. The third kappa shape index (κ3) is 9.77. The first-order valence-corrected chi connectivity index (χ1v) is 29.0. The van der Waals surface area contributed by atoms with Gasteiger partial charge in [-0.25, -0.2) is 0 Å². The van der Waals surface area contributed by atoms with Crippen molar-refractivity contribution >= 4 is 75.1 Å². The Hall–Kier alpha value is -8.25. The van der Waals surface area contributed by atoms with E-state index in [-0.39, 0.29) is 67.7 Å². The normalized spacial score (nSPS) is 12.6. The minimum atomic E-state index is -0.390. The predicted molar refractivity (Wildman–Crippen MR) is 346 cm³/mol. The number of thiophene rings is 1. The van der Waals surface area contributed by atoms with Gasteiger partial charge in [-0.1, -0.05) is 194 Å². The average molecular weight is 1260 g/mol. The van der Waals surface area contributed by atoms with Crippen LogP contribution in [0.3, 0.4) is 0 Å². The zero-order valence-electron chi connectivity index (χ0n) is 52.2. The molecule has 0 spiro atoms. The zero-order valence-corrected chi connectivity index (χ0v) is 50.4. The number of rotatable bonds is 10. The molecule has 0 aliphatic heterocycles. The molecule has 0 aliphatic carbocycles. The zero-order chi connectivity index (χ0) is 59.8. The number of aromatic nitrogens is 4. The Balaban J connectivity index is 0.000000221. The van der Waals surface area contributed by atoms with Gasteiger partial charge in [-0.2, -0.15) is 11.3 Å². The molecule has 0 fully saturated rings. The first-order valence-electron chi connectivity index (χ1n) is 30.7. The number of hydrogen-bond donors (Lipinski definition) is 0. The Bertz CT molecular complexity index is 4880. The fraction of sp³-hybridized carbons (Fsp3) is 0.158. The summed E-state index contributed by atoms with van der Waals surface area (Å²) in [5.74, 6) is 3.17. The molecular formula is C76H64IrN4S-2. The van der Waals surface area contributed by atoms with Crippen molar-refractivity contribution in [2.75, 3.05) is 0 Å². The van der Waals surface area contributed by atoms with Gasteiger partial charge in [0.25, 0.3) is 0 Å². The van der Waals surface area contributed by atoms with Gasteiger partial charge in [-0.05, 0) is 154 Å². The van der Waals surface area contributed by atoms with Crippen LogP contribution in [0.1, 0.15) is 108 Å². The summed E-state index contributed by atoms with van der Waals surface area (Å²) < 4.78 is 48.6. The van der Waals surface area contributed by atoms with Crippen LogP contribution in [0, 0.1) is 12.1 Å². The predicted octanol–water partition coefficient (Wildman–Crippen LogP) is 21.5. The quantitative estimate of drug-likeness (QED) is 0.101. The smallest absolute Gasteiger partial charge is 0.0774 e. The van der Waals surface area contributed by atoms with Gasteiger partial charge in [-0.15, -0.1) is 54.1 Å². The van der Waals surface area contributed by atoms with Crippen LogP contribution in [0.5, 0.6) is 0 Å². The van der Waals surface area contributed by atoms with Gasteiger partial charge in [0, 0.05) is 36.2 Å². The van der Waals surface area contributed by atoms with Gasteiger partial charge < -0.3 is 9.13 Å². The number of para-hydroxylation sites is 5. The van der Waals surface area contributed by atoms with E-state index in [2.05, 4.69) is 222 Å². The third-order valence-electron chi connectivity index (χ3n) is 15.8. The minimum Gasteiger partial charge on any atom is -0.333 e. The van der Waals surface area contributed by atoms with Crippen LogP contribution in [-0.2, 0) is 20.1 Å². The van der Waals surface area contributed by atoms with Crippen LogP contribution >= 0.6 is 11.3 Å². The van der Waals surface area contributed by atoms with Crippen LogP contribution < -0.4 is 0 Å². The second-order valence-electron chi connectivity index (χ2n) is 22.3. The van der Waals surface area contributed by atoms with Gasteiger partial charge in [0.1, 0.15) is 0 Å². The Kier molecular flexibility index (Phi) is 13.4. The molecule has 0 unspecified atom stereocenters. The van der Waals surface area contributed by atoms with Crippen molar-refractivity contribution in [3.05, 3.63) is 253 Å². The van der Waals surface area contributed by atoms with E-state index in [1.807, 2.05) is 42.5 Å². The average Bonchev–Trinajstić information content (AvgIpc) is 1.69. The van der Waals surface area contributed by atoms with E-state index in [0.717, 1.165) is 81.2 Å². The van der Waals surface area contributed by atoms with Crippen LogP contribution in [0.15, 0.2) is 218 Å². The monoisotopic (exact) mass is 1260 g/mol. The second-order valence-corrected chi connectivity index (χ2v) is 23.4. The van der Waals surface area contributed by atoms with Crippen molar-refractivity contribution in [3.8, 4) is 56.4 Å². The summed E-state index contributed by atoms with van der Waals surface area (Å²) in [7, 11) is 0. The number of fused-ring (bicyclic) bond motifs is 8. The van der Waals surface area contributed by atoms with E-state index in [1.165, 1.54) is 50.1 Å². The van der Waals surface area contributed by atoms with Crippen molar-refractivity contribution in [1.82, 2.24) is 19.1 Å². The number of hydrogen-bond acceptors (Lipinski definition) is 3. The second kappa shape index (κ2) is 22.6. The Morgan fingerprint density at radius 1 is 0.427 bits per heavy atom. The molecule has 3 aromatic heterocycles. The fourth-order valence-corrected chi connectivity index (χ4v) is 13.0.